The summed E-state index contributed by atoms with van der Waals surface area (Å²) in [5.74, 6) is 2.29. The number of alkyl halides is 3. The maximum absolute atomic E-state index is 13.0. The molecule has 1 saturated heterocycles. The summed E-state index contributed by atoms with van der Waals surface area (Å²) in [6.07, 6.45) is 8.62. The number of piperazine rings is 1. The van der Waals surface area contributed by atoms with Crippen molar-refractivity contribution in [1.29, 1.82) is 0 Å². The Morgan fingerprint density at radius 3 is 2.37 bits per heavy atom. The molecule has 1 aromatic rings. The minimum Gasteiger partial charge on any atom is -0.490 e. The number of hydrogen-bond acceptors (Lipinski definition) is 4. The van der Waals surface area contributed by atoms with Crippen LogP contribution in [0.1, 0.15) is 69.8 Å². The van der Waals surface area contributed by atoms with Gasteiger partial charge in [-0.25, -0.2) is 0 Å². The molecule has 1 saturated carbocycles. The molecule has 7 heteroatoms. The zero-order chi connectivity index (χ0) is 24.7. The molecule has 0 aromatic heterocycles. The van der Waals surface area contributed by atoms with Gasteiger partial charge in [-0.2, -0.15) is 13.2 Å². The smallest absolute Gasteiger partial charge is 0.416 e. The summed E-state index contributed by atoms with van der Waals surface area (Å²) in [4.78, 5) is 16.8. The summed E-state index contributed by atoms with van der Waals surface area (Å²) < 4.78 is 44.5. The first kappa shape index (κ1) is 26.1. The Hall–Kier alpha value is -2.02. The van der Waals surface area contributed by atoms with Crippen molar-refractivity contribution in [3.05, 3.63) is 41.7 Å². The average Bonchev–Trinajstić information content (AvgIpc) is 2.88. The quantitative estimate of drug-likeness (QED) is 0.396. The standard InChI is InChI=1S/C28H39F3N2O2/c29-28(30,31)24-6-4-7-25(21-24)33-18-16-32(17-19-33)15-14-23-12-10-22(11-13-23)5-3-8-26(34)27-9-1-2-20-35-27/h4,6-7,9,21-23H,1-3,5,8,10-20H2. The Morgan fingerprint density at radius 1 is 1.00 bits per heavy atom. The van der Waals surface area contributed by atoms with Gasteiger partial charge >= 0.3 is 6.18 Å². The van der Waals surface area contributed by atoms with Gasteiger partial charge < -0.3 is 9.64 Å². The van der Waals surface area contributed by atoms with Crippen molar-refractivity contribution in [2.75, 3.05) is 44.2 Å². The fourth-order valence-corrected chi connectivity index (χ4v) is 5.71. The monoisotopic (exact) mass is 492 g/mol. The second-order valence-corrected chi connectivity index (χ2v) is 10.4. The number of rotatable bonds is 9. The molecule has 4 nitrogen and oxygen atoms in total. The first-order chi connectivity index (χ1) is 16.9. The second-order valence-electron chi connectivity index (χ2n) is 10.4. The molecule has 2 heterocycles. The number of halogens is 3. The van der Waals surface area contributed by atoms with Crippen LogP contribution in [0.2, 0.25) is 0 Å². The predicted octanol–water partition coefficient (Wildman–Crippen LogP) is 6.46. The highest BCUT2D eigenvalue weighted by molar-refractivity contribution is 5.93. The number of ketones is 1. The van der Waals surface area contributed by atoms with E-state index in [1.165, 1.54) is 44.2 Å². The number of hydrogen-bond donors (Lipinski definition) is 0. The fourth-order valence-electron chi connectivity index (χ4n) is 5.71. The van der Waals surface area contributed by atoms with E-state index in [4.69, 9.17) is 4.74 Å². The molecule has 3 aliphatic rings. The number of anilines is 1. The molecule has 0 amide bonds. The summed E-state index contributed by atoms with van der Waals surface area (Å²) in [5, 5.41) is 0. The van der Waals surface area contributed by atoms with Crippen molar-refractivity contribution >= 4 is 11.5 Å². The van der Waals surface area contributed by atoms with Crippen LogP contribution in [0.15, 0.2) is 36.1 Å². The van der Waals surface area contributed by atoms with E-state index in [9.17, 15) is 18.0 Å². The van der Waals surface area contributed by atoms with Gasteiger partial charge in [0.1, 0.15) is 0 Å². The molecule has 0 unspecified atom stereocenters. The van der Waals surface area contributed by atoms with E-state index in [0.717, 1.165) is 76.3 Å². The van der Waals surface area contributed by atoms with Gasteiger partial charge in [-0.3, -0.25) is 9.69 Å². The number of ether oxygens (including phenoxy) is 1. The topological polar surface area (TPSA) is 32.8 Å². The molecule has 0 radical (unpaired) electrons. The Bertz CT molecular complexity index is 854. The molecular weight excluding hydrogens is 453 g/mol. The molecular formula is C28H39F3N2O2. The summed E-state index contributed by atoms with van der Waals surface area (Å²) in [5.41, 5.74) is 0.0951. The lowest BCUT2D eigenvalue weighted by molar-refractivity contribution is -0.137. The van der Waals surface area contributed by atoms with Gasteiger partial charge in [0.15, 0.2) is 11.5 Å². The van der Waals surface area contributed by atoms with Crippen LogP contribution < -0.4 is 4.90 Å². The van der Waals surface area contributed by atoms with Gasteiger partial charge in [0.05, 0.1) is 12.2 Å². The summed E-state index contributed by atoms with van der Waals surface area (Å²) in [6.45, 7) is 5.10. The third-order valence-electron chi connectivity index (χ3n) is 7.96. The zero-order valence-electron chi connectivity index (χ0n) is 20.7. The van der Waals surface area contributed by atoms with Gasteiger partial charge in [-0.15, -0.1) is 0 Å². The average molecular weight is 493 g/mol. The van der Waals surface area contributed by atoms with Crippen LogP contribution in [0.4, 0.5) is 18.9 Å². The van der Waals surface area contributed by atoms with E-state index >= 15 is 0 Å². The molecule has 0 N–H and O–H groups in total. The van der Waals surface area contributed by atoms with Crippen molar-refractivity contribution in [2.24, 2.45) is 11.8 Å². The summed E-state index contributed by atoms with van der Waals surface area (Å²) in [7, 11) is 0. The minimum atomic E-state index is -4.30. The highest BCUT2D eigenvalue weighted by Crippen LogP contribution is 2.34. The molecule has 1 aliphatic carbocycles. The van der Waals surface area contributed by atoms with Gasteiger partial charge in [-0.05, 0) is 68.3 Å². The van der Waals surface area contributed by atoms with Crippen LogP contribution in [-0.4, -0.2) is 50.0 Å². The first-order valence-electron chi connectivity index (χ1n) is 13.4. The number of carbonyl (C=O) groups excluding carboxylic acids is 1. The lowest BCUT2D eigenvalue weighted by atomic mass is 9.78. The van der Waals surface area contributed by atoms with Crippen molar-refractivity contribution in [1.82, 2.24) is 4.90 Å². The number of allylic oxidation sites excluding steroid dienone is 2. The fraction of sp³-hybridized carbons (Fsp3) is 0.679. The second kappa shape index (κ2) is 12.3. The zero-order valence-corrected chi connectivity index (χ0v) is 20.7. The van der Waals surface area contributed by atoms with Crippen LogP contribution >= 0.6 is 0 Å². The summed E-state index contributed by atoms with van der Waals surface area (Å²) >= 11 is 0. The van der Waals surface area contributed by atoms with E-state index in [2.05, 4.69) is 9.80 Å². The number of Topliss-reactive ketones (excluding diaryl/α,β-unsaturated/α-hetero) is 1. The molecule has 194 valence electrons. The number of carbonyl (C=O) groups is 1. The summed E-state index contributed by atoms with van der Waals surface area (Å²) in [6, 6.07) is 5.69. The van der Waals surface area contributed by atoms with Crippen LogP contribution in [0.5, 0.6) is 0 Å². The van der Waals surface area contributed by atoms with E-state index in [-0.39, 0.29) is 5.78 Å². The van der Waals surface area contributed by atoms with Crippen molar-refractivity contribution in [3.8, 4) is 0 Å². The Morgan fingerprint density at radius 2 is 1.71 bits per heavy atom. The van der Waals surface area contributed by atoms with E-state index in [1.807, 2.05) is 6.08 Å². The maximum atomic E-state index is 13.0. The van der Waals surface area contributed by atoms with Gasteiger partial charge in [0.2, 0.25) is 0 Å². The molecule has 35 heavy (non-hydrogen) atoms. The lowest BCUT2D eigenvalue weighted by Crippen LogP contribution is -2.47. The normalized spacial score (nSPS) is 24.1. The highest BCUT2D eigenvalue weighted by Gasteiger charge is 2.31. The van der Waals surface area contributed by atoms with Crippen LogP contribution in [-0.2, 0) is 15.7 Å². The highest BCUT2D eigenvalue weighted by atomic mass is 19.4. The van der Waals surface area contributed by atoms with E-state index in [1.54, 1.807) is 6.07 Å². The predicted molar refractivity (Wildman–Crippen MR) is 132 cm³/mol. The maximum Gasteiger partial charge on any atom is 0.416 e. The molecule has 2 aliphatic heterocycles. The van der Waals surface area contributed by atoms with Crippen molar-refractivity contribution in [3.63, 3.8) is 0 Å². The van der Waals surface area contributed by atoms with E-state index < -0.39 is 11.7 Å². The first-order valence-corrected chi connectivity index (χ1v) is 13.4. The molecule has 0 atom stereocenters. The van der Waals surface area contributed by atoms with Gasteiger partial charge in [0, 0.05) is 38.3 Å². The molecule has 4 rings (SSSR count). The number of nitrogens with zero attached hydrogens (tertiary/aromatic N) is 2. The van der Waals surface area contributed by atoms with Crippen LogP contribution in [0.25, 0.3) is 0 Å². The lowest BCUT2D eigenvalue weighted by Gasteiger charge is -2.37. The molecule has 0 spiro atoms. The Labute approximate surface area is 207 Å². The van der Waals surface area contributed by atoms with E-state index in [0.29, 0.717) is 24.5 Å². The SMILES string of the molecule is O=C(CCCC1CCC(CCN2CCN(c3cccc(C(F)(F)F)c3)CC2)CC1)C1=CCCCO1. The third-order valence-corrected chi connectivity index (χ3v) is 7.96. The van der Waals surface area contributed by atoms with Crippen LogP contribution in [0, 0.1) is 11.8 Å². The Balaban J connectivity index is 1.09. The van der Waals surface area contributed by atoms with Crippen molar-refractivity contribution in [2.45, 2.75) is 70.4 Å². The molecule has 2 fully saturated rings. The molecule has 1 aromatic carbocycles. The van der Waals surface area contributed by atoms with Gasteiger partial charge in [0.25, 0.3) is 0 Å². The largest absolute Gasteiger partial charge is 0.490 e. The molecule has 0 bridgehead atoms. The van der Waals surface area contributed by atoms with Gasteiger partial charge in [-0.1, -0.05) is 38.2 Å². The third kappa shape index (κ3) is 7.73. The van der Waals surface area contributed by atoms with Crippen LogP contribution in [0.3, 0.4) is 0 Å². The minimum absolute atomic E-state index is 0.173. The Kier molecular flexibility index (Phi) is 9.15. The van der Waals surface area contributed by atoms with Crippen molar-refractivity contribution < 1.29 is 22.7 Å². The number of benzene rings is 1.